The van der Waals surface area contributed by atoms with Crippen LogP contribution in [0.4, 0.5) is 24.7 Å². The number of hydrogen-bond acceptors (Lipinski definition) is 9. The van der Waals surface area contributed by atoms with Gasteiger partial charge in [-0.05, 0) is 36.4 Å². The first-order valence-electron chi connectivity index (χ1n) is 12.5. The van der Waals surface area contributed by atoms with Gasteiger partial charge in [0.05, 0.1) is 10.5 Å². The second-order valence-electron chi connectivity index (χ2n) is 9.32. The summed E-state index contributed by atoms with van der Waals surface area (Å²) in [4.78, 5) is 24.1. The summed E-state index contributed by atoms with van der Waals surface area (Å²) < 4.78 is 69.3. The average molecular weight is 651 g/mol. The van der Waals surface area contributed by atoms with Gasteiger partial charge in [0.1, 0.15) is 34.1 Å². The summed E-state index contributed by atoms with van der Waals surface area (Å²) in [7, 11) is -3.43. The maximum Gasteiger partial charge on any atom is 0.434 e. The third-order valence-corrected chi connectivity index (χ3v) is 7.89. The number of sulfone groups is 1. The van der Waals surface area contributed by atoms with E-state index in [0.29, 0.717) is 46.1 Å². The van der Waals surface area contributed by atoms with Gasteiger partial charge in [0.15, 0.2) is 21.3 Å². The molecular formula is C27H22ClF3N6O4S2. The van der Waals surface area contributed by atoms with E-state index in [1.54, 1.807) is 54.7 Å². The molecule has 3 heterocycles. The van der Waals surface area contributed by atoms with E-state index in [1.807, 2.05) is 4.57 Å². The van der Waals surface area contributed by atoms with Gasteiger partial charge in [0.2, 0.25) is 5.91 Å². The number of amides is 1. The van der Waals surface area contributed by atoms with Crippen molar-refractivity contribution >= 4 is 61.2 Å². The molecule has 16 heteroatoms. The number of anilines is 2. The zero-order chi connectivity index (χ0) is 30.8. The molecule has 0 saturated heterocycles. The quantitative estimate of drug-likeness (QED) is 0.191. The standard InChI is InChI=1S/C27H22ClF3N6O4S2/c1-43(39,40)14-23(38)32-8-10-37-9-7-20-24(37)25(34-15-33-20)35-17-5-6-21(19(28)12-17)41-18-4-2-3-16(11-18)26-36-22(13-42-26)27(29,30)31/h2-7,9,11-13,15H,8,10,14H2,1H3,(H,32,38)(H,33,34,35). The number of hydrogen-bond donors (Lipinski definition) is 2. The fourth-order valence-corrected chi connectivity index (χ4v) is 5.69. The number of alkyl halides is 3. The topological polar surface area (TPSA) is 128 Å². The molecule has 0 aliphatic rings. The van der Waals surface area contributed by atoms with Crippen molar-refractivity contribution in [2.24, 2.45) is 0 Å². The van der Waals surface area contributed by atoms with Gasteiger partial charge in [0.25, 0.3) is 0 Å². The third-order valence-electron chi connectivity index (χ3n) is 5.92. The predicted octanol–water partition coefficient (Wildman–Crippen LogP) is 5.92. The Balaban J connectivity index is 1.29. The van der Waals surface area contributed by atoms with Crippen LogP contribution in [0.25, 0.3) is 21.6 Å². The molecule has 2 aromatic carbocycles. The Kier molecular flexibility index (Phi) is 8.57. The molecule has 224 valence electrons. The van der Waals surface area contributed by atoms with Crippen molar-refractivity contribution < 1.29 is 31.1 Å². The zero-order valence-corrected chi connectivity index (χ0v) is 24.6. The zero-order valence-electron chi connectivity index (χ0n) is 22.2. The number of carbonyl (C=O) groups excluding carboxylic acids is 1. The van der Waals surface area contributed by atoms with Gasteiger partial charge < -0.3 is 19.9 Å². The largest absolute Gasteiger partial charge is 0.456 e. The number of benzene rings is 2. The Hall–Kier alpha value is -4.21. The fraction of sp³-hybridized carbons (Fsp3) is 0.185. The number of halogens is 4. The number of ether oxygens (including phenoxy) is 1. The van der Waals surface area contributed by atoms with Gasteiger partial charge in [-0.3, -0.25) is 4.79 Å². The van der Waals surface area contributed by atoms with Crippen molar-refractivity contribution in [2.75, 3.05) is 23.9 Å². The Labute approximate surface area is 252 Å². The highest BCUT2D eigenvalue weighted by Crippen LogP contribution is 2.37. The molecule has 43 heavy (non-hydrogen) atoms. The lowest BCUT2D eigenvalue weighted by atomic mass is 10.2. The molecule has 5 rings (SSSR count). The maximum absolute atomic E-state index is 13.0. The van der Waals surface area contributed by atoms with Crippen LogP contribution in [0.1, 0.15) is 5.69 Å². The summed E-state index contributed by atoms with van der Waals surface area (Å²) in [6.45, 7) is 0.531. The molecule has 3 aromatic heterocycles. The van der Waals surface area contributed by atoms with Gasteiger partial charge >= 0.3 is 6.18 Å². The van der Waals surface area contributed by atoms with Crippen molar-refractivity contribution in [2.45, 2.75) is 12.7 Å². The Morgan fingerprint density at radius 3 is 2.67 bits per heavy atom. The van der Waals surface area contributed by atoms with E-state index in [9.17, 15) is 26.4 Å². The second kappa shape index (κ2) is 12.2. The van der Waals surface area contributed by atoms with Crippen LogP contribution >= 0.6 is 22.9 Å². The Morgan fingerprint density at radius 2 is 1.95 bits per heavy atom. The summed E-state index contributed by atoms with van der Waals surface area (Å²) >= 11 is 7.39. The summed E-state index contributed by atoms with van der Waals surface area (Å²) in [5.41, 5.74) is 1.41. The minimum atomic E-state index is -4.52. The van der Waals surface area contributed by atoms with E-state index in [-0.39, 0.29) is 16.6 Å². The van der Waals surface area contributed by atoms with Crippen molar-refractivity contribution in [1.82, 2.24) is 24.8 Å². The van der Waals surface area contributed by atoms with Crippen LogP contribution in [-0.4, -0.2) is 52.4 Å². The van der Waals surface area contributed by atoms with Crippen LogP contribution in [0.5, 0.6) is 11.5 Å². The van der Waals surface area contributed by atoms with Crippen molar-refractivity contribution in [1.29, 1.82) is 0 Å². The smallest absolute Gasteiger partial charge is 0.434 e. The fourth-order valence-electron chi connectivity index (χ4n) is 4.07. The highest BCUT2D eigenvalue weighted by Gasteiger charge is 2.33. The first kappa shape index (κ1) is 30.3. The van der Waals surface area contributed by atoms with E-state index in [4.69, 9.17) is 16.3 Å². The van der Waals surface area contributed by atoms with E-state index in [1.165, 1.54) is 6.33 Å². The molecule has 0 atom stereocenters. The van der Waals surface area contributed by atoms with Gasteiger partial charge in [-0.1, -0.05) is 23.7 Å². The number of thiazole rings is 1. The van der Waals surface area contributed by atoms with Crippen LogP contribution in [0, 0.1) is 0 Å². The van der Waals surface area contributed by atoms with Gasteiger partial charge in [0, 0.05) is 42.2 Å². The van der Waals surface area contributed by atoms with Crippen LogP contribution in [0.3, 0.4) is 0 Å². The molecule has 0 unspecified atom stereocenters. The molecule has 0 saturated carbocycles. The minimum absolute atomic E-state index is 0.192. The lowest BCUT2D eigenvalue weighted by Gasteiger charge is -2.13. The van der Waals surface area contributed by atoms with E-state index in [0.717, 1.165) is 23.0 Å². The lowest BCUT2D eigenvalue weighted by molar-refractivity contribution is -0.140. The number of rotatable bonds is 10. The third kappa shape index (κ3) is 7.60. The van der Waals surface area contributed by atoms with Crippen LogP contribution in [0.15, 0.2) is 66.4 Å². The molecule has 10 nitrogen and oxygen atoms in total. The summed E-state index contributed by atoms with van der Waals surface area (Å²) in [5.74, 6) is -0.0217. The first-order chi connectivity index (χ1) is 20.4. The molecule has 0 aliphatic heterocycles. The summed E-state index contributed by atoms with van der Waals surface area (Å²) in [5, 5.41) is 7.23. The van der Waals surface area contributed by atoms with Crippen molar-refractivity contribution in [3.8, 4) is 22.1 Å². The Morgan fingerprint density at radius 1 is 1.14 bits per heavy atom. The van der Waals surface area contributed by atoms with E-state index in [2.05, 4.69) is 25.6 Å². The molecule has 2 N–H and O–H groups in total. The van der Waals surface area contributed by atoms with Crippen LogP contribution in [0.2, 0.25) is 5.02 Å². The van der Waals surface area contributed by atoms with Gasteiger partial charge in [-0.25, -0.2) is 23.4 Å². The highest BCUT2D eigenvalue weighted by molar-refractivity contribution is 7.91. The monoisotopic (exact) mass is 650 g/mol. The lowest BCUT2D eigenvalue weighted by Crippen LogP contribution is -2.32. The van der Waals surface area contributed by atoms with Crippen LogP contribution in [-0.2, 0) is 27.4 Å². The van der Waals surface area contributed by atoms with Crippen molar-refractivity contribution in [3.63, 3.8) is 0 Å². The Bertz CT molecular complexity index is 1910. The molecular weight excluding hydrogens is 629 g/mol. The molecule has 1 amide bonds. The molecule has 0 radical (unpaired) electrons. The summed E-state index contributed by atoms with van der Waals surface area (Å²) in [6, 6.07) is 13.3. The summed E-state index contributed by atoms with van der Waals surface area (Å²) in [6.07, 6.45) is -0.353. The van der Waals surface area contributed by atoms with Gasteiger partial charge in [-0.15, -0.1) is 11.3 Å². The first-order valence-corrected chi connectivity index (χ1v) is 15.8. The van der Waals surface area contributed by atoms with Crippen LogP contribution < -0.4 is 15.4 Å². The number of nitrogens with one attached hydrogen (secondary N) is 2. The normalized spacial score (nSPS) is 11.9. The number of fused-ring (bicyclic) bond motifs is 1. The molecule has 5 aromatic rings. The van der Waals surface area contributed by atoms with E-state index >= 15 is 0 Å². The number of carbonyl (C=O) groups is 1. The van der Waals surface area contributed by atoms with E-state index < -0.39 is 33.4 Å². The SMILES string of the molecule is CS(=O)(=O)CC(=O)NCCn1ccc2ncnc(Nc3ccc(Oc4cccc(-c5nc(C(F)(F)F)cs5)c4)c(Cl)c3)c21. The predicted molar refractivity (Wildman–Crippen MR) is 158 cm³/mol. The van der Waals surface area contributed by atoms with Crippen molar-refractivity contribution in [3.05, 3.63) is 77.2 Å². The molecule has 0 bridgehead atoms. The number of aromatic nitrogens is 4. The maximum atomic E-state index is 13.0. The molecule has 0 aliphatic carbocycles. The molecule has 0 spiro atoms. The minimum Gasteiger partial charge on any atom is -0.456 e. The average Bonchev–Trinajstić information content (AvgIpc) is 3.58. The second-order valence-corrected chi connectivity index (χ2v) is 12.7. The number of nitrogens with zero attached hydrogens (tertiary/aromatic N) is 4. The highest BCUT2D eigenvalue weighted by atomic mass is 35.5. The van der Waals surface area contributed by atoms with Gasteiger partial charge in [-0.2, -0.15) is 13.2 Å². The molecule has 0 fully saturated rings.